The molecule has 7 heteroatoms. The summed E-state index contributed by atoms with van der Waals surface area (Å²) in [4.78, 5) is 40.7. The number of likely N-dealkylation sites (tertiary alicyclic amines) is 1. The van der Waals surface area contributed by atoms with E-state index in [-0.39, 0.29) is 41.9 Å². The van der Waals surface area contributed by atoms with Gasteiger partial charge in [-0.15, -0.1) is 0 Å². The molecule has 2 fully saturated rings. The highest BCUT2D eigenvalue weighted by Crippen LogP contribution is 2.34. The van der Waals surface area contributed by atoms with Gasteiger partial charge in [-0.1, -0.05) is 19.9 Å². The molecular formula is C24H32F2N2O3. The van der Waals surface area contributed by atoms with Gasteiger partial charge in [0.1, 0.15) is 11.6 Å². The first-order chi connectivity index (χ1) is 14.7. The predicted octanol–water partition coefficient (Wildman–Crippen LogP) is 3.60. The molecule has 2 aliphatic rings. The predicted molar refractivity (Wildman–Crippen MR) is 113 cm³/mol. The Bertz CT molecular complexity index is 830. The number of ketones is 1. The molecular weight excluding hydrogens is 402 g/mol. The maximum Gasteiger partial charge on any atom is 0.289 e. The number of piperidine rings is 1. The van der Waals surface area contributed by atoms with Crippen molar-refractivity contribution in [2.24, 2.45) is 17.8 Å². The summed E-state index contributed by atoms with van der Waals surface area (Å²) in [7, 11) is 1.76. The van der Waals surface area contributed by atoms with Crippen molar-refractivity contribution in [3.05, 3.63) is 35.4 Å². The van der Waals surface area contributed by atoms with Gasteiger partial charge in [-0.3, -0.25) is 14.4 Å². The minimum Gasteiger partial charge on any atom is -0.342 e. The zero-order valence-corrected chi connectivity index (χ0v) is 18.6. The van der Waals surface area contributed by atoms with E-state index in [4.69, 9.17) is 0 Å². The Morgan fingerprint density at radius 3 is 2.29 bits per heavy atom. The fourth-order valence-electron chi connectivity index (χ4n) is 4.44. The number of hydrogen-bond acceptors (Lipinski definition) is 3. The molecule has 31 heavy (non-hydrogen) atoms. The Morgan fingerprint density at radius 1 is 1.10 bits per heavy atom. The van der Waals surface area contributed by atoms with Crippen LogP contribution >= 0.6 is 0 Å². The first kappa shape index (κ1) is 23.4. The minimum atomic E-state index is -0.627. The fraction of sp³-hybridized carbons (Fsp3) is 0.625. The van der Waals surface area contributed by atoms with Crippen molar-refractivity contribution < 1.29 is 23.2 Å². The second-order valence-electron chi connectivity index (χ2n) is 9.38. The summed E-state index contributed by atoms with van der Waals surface area (Å²) >= 11 is 0. The van der Waals surface area contributed by atoms with E-state index in [1.165, 1.54) is 12.1 Å². The van der Waals surface area contributed by atoms with E-state index < -0.39 is 17.5 Å². The van der Waals surface area contributed by atoms with E-state index in [0.717, 1.165) is 18.9 Å². The van der Waals surface area contributed by atoms with Gasteiger partial charge < -0.3 is 9.80 Å². The smallest absolute Gasteiger partial charge is 0.289 e. The Kier molecular flexibility index (Phi) is 7.44. The quantitative estimate of drug-likeness (QED) is 0.588. The number of likely N-dealkylation sites (N-methyl/N-ethyl adjacent to an activating group) is 1. The molecule has 0 aromatic heterocycles. The van der Waals surface area contributed by atoms with Gasteiger partial charge in [0.2, 0.25) is 11.7 Å². The van der Waals surface area contributed by atoms with Gasteiger partial charge in [0.05, 0.1) is 0 Å². The molecule has 0 N–H and O–H groups in total. The topological polar surface area (TPSA) is 57.7 Å². The summed E-state index contributed by atoms with van der Waals surface area (Å²) in [5.74, 6) is -1.72. The molecule has 3 rings (SSSR count). The Morgan fingerprint density at radius 2 is 1.74 bits per heavy atom. The van der Waals surface area contributed by atoms with Crippen LogP contribution in [0.4, 0.5) is 8.78 Å². The zero-order chi connectivity index (χ0) is 22.7. The highest BCUT2D eigenvalue weighted by Gasteiger charge is 2.39. The van der Waals surface area contributed by atoms with Crippen LogP contribution in [0.2, 0.25) is 0 Å². The van der Waals surface area contributed by atoms with E-state index in [0.29, 0.717) is 37.9 Å². The molecule has 1 aliphatic carbocycles. The van der Waals surface area contributed by atoms with Gasteiger partial charge in [0.25, 0.3) is 5.91 Å². The highest BCUT2D eigenvalue weighted by atomic mass is 19.1. The maximum absolute atomic E-state index is 14.3. The van der Waals surface area contributed by atoms with Crippen LogP contribution in [-0.2, 0) is 20.8 Å². The van der Waals surface area contributed by atoms with Gasteiger partial charge in [-0.25, -0.2) is 8.78 Å². The van der Waals surface area contributed by atoms with Gasteiger partial charge >= 0.3 is 0 Å². The number of Topliss-reactive ketones (excluding diaryl/α,β-unsaturated/α-hetero) is 1. The number of benzene rings is 1. The lowest BCUT2D eigenvalue weighted by Gasteiger charge is -2.40. The van der Waals surface area contributed by atoms with Crippen LogP contribution in [0.1, 0.15) is 51.5 Å². The third-order valence-electron chi connectivity index (χ3n) is 6.42. The molecule has 1 aliphatic heterocycles. The number of halogens is 2. The van der Waals surface area contributed by atoms with E-state index in [9.17, 15) is 23.2 Å². The third-order valence-corrected chi connectivity index (χ3v) is 6.42. The number of nitrogens with zero attached hydrogens (tertiary/aromatic N) is 2. The van der Waals surface area contributed by atoms with Crippen LogP contribution in [0, 0.1) is 29.4 Å². The van der Waals surface area contributed by atoms with E-state index in [1.54, 1.807) is 16.8 Å². The second-order valence-corrected chi connectivity index (χ2v) is 9.38. The van der Waals surface area contributed by atoms with Crippen LogP contribution in [0.3, 0.4) is 0 Å². The van der Waals surface area contributed by atoms with E-state index in [1.807, 2.05) is 13.8 Å². The SMILES string of the molecule is CC(C)CC(=O)C(=O)N1CCC(C(Cc2ccc(F)cc2F)N(C)C(=O)C2CC2)CC1. The van der Waals surface area contributed by atoms with E-state index >= 15 is 0 Å². The molecule has 2 amide bonds. The summed E-state index contributed by atoms with van der Waals surface area (Å²) in [6.07, 6.45) is 3.57. The molecule has 1 saturated carbocycles. The first-order valence-electron chi connectivity index (χ1n) is 11.2. The molecule has 0 radical (unpaired) electrons. The molecule has 1 atom stereocenters. The second kappa shape index (κ2) is 9.88. The van der Waals surface area contributed by atoms with Gasteiger partial charge in [0, 0.05) is 44.6 Å². The molecule has 1 aromatic rings. The van der Waals surface area contributed by atoms with Crippen LogP contribution in [0.25, 0.3) is 0 Å². The zero-order valence-electron chi connectivity index (χ0n) is 18.6. The molecule has 170 valence electrons. The highest BCUT2D eigenvalue weighted by molar-refractivity contribution is 6.36. The fourth-order valence-corrected chi connectivity index (χ4v) is 4.44. The normalized spacial score (nSPS) is 18.2. The van der Waals surface area contributed by atoms with Gasteiger partial charge in [-0.2, -0.15) is 0 Å². The molecule has 1 heterocycles. The van der Waals surface area contributed by atoms with Crippen LogP contribution < -0.4 is 0 Å². The lowest BCUT2D eigenvalue weighted by molar-refractivity contribution is -0.146. The number of rotatable bonds is 8. The Balaban J connectivity index is 1.70. The Hall–Kier alpha value is -2.31. The third kappa shape index (κ3) is 5.89. The average molecular weight is 435 g/mol. The summed E-state index contributed by atoms with van der Waals surface area (Å²) in [6, 6.07) is 3.31. The number of carbonyl (C=O) groups is 3. The maximum atomic E-state index is 14.3. The lowest BCUT2D eigenvalue weighted by atomic mass is 9.84. The summed E-state index contributed by atoms with van der Waals surface area (Å²) in [5, 5.41) is 0. The first-order valence-corrected chi connectivity index (χ1v) is 11.2. The summed E-state index contributed by atoms with van der Waals surface area (Å²) < 4.78 is 27.7. The van der Waals surface area contributed by atoms with Gasteiger partial charge in [-0.05, 0) is 55.6 Å². The standard InChI is InChI=1S/C24H32F2N2O3/c1-15(2)12-22(29)24(31)28-10-8-16(9-11-28)21(27(3)23(30)17-4-5-17)13-18-6-7-19(25)14-20(18)26/h6-7,14-17,21H,4-5,8-13H2,1-3H3. The molecule has 1 unspecified atom stereocenters. The van der Waals surface area contributed by atoms with Crippen molar-refractivity contribution in [3.8, 4) is 0 Å². The van der Waals surface area contributed by atoms with Crippen LogP contribution in [-0.4, -0.2) is 53.6 Å². The molecule has 0 bridgehead atoms. The monoisotopic (exact) mass is 434 g/mol. The van der Waals surface area contributed by atoms with Crippen molar-refractivity contribution in [2.75, 3.05) is 20.1 Å². The van der Waals surface area contributed by atoms with Gasteiger partial charge in [0.15, 0.2) is 0 Å². The molecule has 1 saturated heterocycles. The summed E-state index contributed by atoms with van der Waals surface area (Å²) in [6.45, 7) is 4.70. The Labute approximate surface area is 182 Å². The minimum absolute atomic E-state index is 0.0425. The average Bonchev–Trinajstić information content (AvgIpc) is 3.57. The van der Waals surface area contributed by atoms with Crippen LogP contribution in [0.5, 0.6) is 0 Å². The number of amides is 2. The van der Waals surface area contributed by atoms with Crippen molar-refractivity contribution in [3.63, 3.8) is 0 Å². The molecule has 5 nitrogen and oxygen atoms in total. The largest absolute Gasteiger partial charge is 0.342 e. The van der Waals surface area contributed by atoms with E-state index in [2.05, 4.69) is 0 Å². The molecule has 1 aromatic carbocycles. The number of hydrogen-bond donors (Lipinski definition) is 0. The molecule has 0 spiro atoms. The lowest BCUT2D eigenvalue weighted by Crippen LogP contribution is -2.49. The van der Waals surface area contributed by atoms with Crippen molar-refractivity contribution in [1.29, 1.82) is 0 Å². The van der Waals surface area contributed by atoms with Crippen molar-refractivity contribution >= 4 is 17.6 Å². The summed E-state index contributed by atoms with van der Waals surface area (Å²) in [5.41, 5.74) is 0.382. The van der Waals surface area contributed by atoms with Crippen molar-refractivity contribution in [2.45, 2.75) is 58.4 Å². The van der Waals surface area contributed by atoms with Crippen LogP contribution in [0.15, 0.2) is 18.2 Å². The number of carbonyl (C=O) groups excluding carboxylic acids is 3. The van der Waals surface area contributed by atoms with Crippen molar-refractivity contribution in [1.82, 2.24) is 9.80 Å².